The molecule has 0 aliphatic carbocycles. The molecule has 1 aromatic carbocycles. The van der Waals surface area contributed by atoms with E-state index in [0.717, 1.165) is 6.54 Å². The van der Waals surface area contributed by atoms with Crippen LogP contribution in [0.5, 0.6) is 0 Å². The highest BCUT2D eigenvalue weighted by atomic mass is 19.1. The van der Waals surface area contributed by atoms with Crippen LogP contribution < -0.4 is 0 Å². The summed E-state index contributed by atoms with van der Waals surface area (Å²) in [5, 5.41) is 3.59. The molecule has 152 valence electrons. The fourth-order valence-electron chi connectivity index (χ4n) is 4.73. The molecule has 1 unspecified atom stereocenters. The van der Waals surface area contributed by atoms with Gasteiger partial charge < -0.3 is 19.1 Å². The van der Waals surface area contributed by atoms with Crippen molar-refractivity contribution >= 4 is 11.8 Å². The van der Waals surface area contributed by atoms with E-state index in [4.69, 9.17) is 9.26 Å². The van der Waals surface area contributed by atoms with Crippen molar-refractivity contribution in [3.05, 3.63) is 53.7 Å². The lowest BCUT2D eigenvalue weighted by Gasteiger charge is -2.63. The first-order valence-corrected chi connectivity index (χ1v) is 9.66. The molecule has 0 saturated carbocycles. The summed E-state index contributed by atoms with van der Waals surface area (Å²) in [6.45, 7) is 3.75. The van der Waals surface area contributed by atoms with Crippen LogP contribution in [0, 0.1) is 5.82 Å². The Bertz CT molecular complexity index is 928. The maximum absolute atomic E-state index is 14.2. The lowest BCUT2D eigenvalue weighted by Crippen LogP contribution is -2.81. The van der Waals surface area contributed by atoms with E-state index in [2.05, 4.69) is 10.1 Å². The van der Waals surface area contributed by atoms with Crippen LogP contribution in [0.25, 0.3) is 0 Å². The van der Waals surface area contributed by atoms with Crippen molar-refractivity contribution in [1.82, 2.24) is 19.9 Å². The number of piperazine rings is 1. The number of hydrogen-bond acceptors (Lipinski definition) is 6. The Balaban J connectivity index is 1.38. The van der Waals surface area contributed by atoms with Gasteiger partial charge in [0.15, 0.2) is 0 Å². The van der Waals surface area contributed by atoms with Gasteiger partial charge in [-0.1, -0.05) is 17.3 Å². The number of benzene rings is 1. The fraction of sp³-hybridized carbons (Fsp3) is 0.450. The van der Waals surface area contributed by atoms with Crippen molar-refractivity contribution in [2.24, 2.45) is 0 Å². The van der Waals surface area contributed by atoms with Crippen molar-refractivity contribution in [2.75, 3.05) is 45.9 Å². The predicted octanol–water partition coefficient (Wildman–Crippen LogP) is 0.865. The lowest BCUT2D eigenvalue weighted by molar-refractivity contribution is -0.149. The summed E-state index contributed by atoms with van der Waals surface area (Å²) < 4.78 is 24.8. The molecule has 29 heavy (non-hydrogen) atoms. The second-order valence-corrected chi connectivity index (χ2v) is 7.85. The summed E-state index contributed by atoms with van der Waals surface area (Å²) in [6.07, 6.45) is 1.44. The maximum atomic E-state index is 14.2. The van der Waals surface area contributed by atoms with E-state index in [1.54, 1.807) is 28.0 Å². The molecule has 3 fully saturated rings. The van der Waals surface area contributed by atoms with E-state index >= 15 is 0 Å². The molecule has 1 atom stereocenters. The highest BCUT2D eigenvalue weighted by Gasteiger charge is 2.56. The molecule has 3 aliphatic rings. The molecule has 9 heteroatoms. The molecule has 2 aromatic rings. The average molecular weight is 400 g/mol. The SMILES string of the molecule is O=C(c1ccno1)N1CC2(C1)CN(C(=O)c1ccccc1F)CC1COCCN12. The molecule has 0 bridgehead atoms. The lowest BCUT2D eigenvalue weighted by atomic mass is 9.82. The van der Waals surface area contributed by atoms with E-state index in [9.17, 15) is 14.0 Å². The summed E-state index contributed by atoms with van der Waals surface area (Å²) in [4.78, 5) is 31.4. The number of rotatable bonds is 2. The quantitative estimate of drug-likeness (QED) is 0.744. The summed E-state index contributed by atoms with van der Waals surface area (Å²) in [5.41, 5.74) is -0.287. The first-order valence-electron chi connectivity index (χ1n) is 9.66. The highest BCUT2D eigenvalue weighted by molar-refractivity contribution is 5.95. The minimum absolute atomic E-state index is 0.0238. The van der Waals surface area contributed by atoms with Crippen LogP contribution in [0.1, 0.15) is 20.9 Å². The van der Waals surface area contributed by atoms with Crippen LogP contribution in [-0.2, 0) is 4.74 Å². The number of ether oxygens (including phenoxy) is 1. The first-order chi connectivity index (χ1) is 14.1. The summed E-state index contributed by atoms with van der Waals surface area (Å²) in [6, 6.07) is 7.60. The minimum Gasteiger partial charge on any atom is -0.378 e. The second-order valence-electron chi connectivity index (χ2n) is 7.85. The molecule has 4 heterocycles. The van der Waals surface area contributed by atoms with Crippen LogP contribution in [0.3, 0.4) is 0 Å². The maximum Gasteiger partial charge on any atom is 0.292 e. The molecule has 8 nitrogen and oxygen atoms in total. The monoisotopic (exact) mass is 400 g/mol. The van der Waals surface area contributed by atoms with Crippen molar-refractivity contribution < 1.29 is 23.2 Å². The van der Waals surface area contributed by atoms with Gasteiger partial charge in [-0.15, -0.1) is 0 Å². The third-order valence-corrected chi connectivity index (χ3v) is 6.05. The molecule has 3 aliphatic heterocycles. The summed E-state index contributed by atoms with van der Waals surface area (Å²) in [7, 11) is 0. The number of likely N-dealkylation sites (tertiary alicyclic amines) is 1. The standard InChI is InChI=1S/C20H21FN4O4/c21-16-4-2-1-3-15(16)18(26)23-9-14-10-28-8-7-25(14)20(11-23)12-24(13-20)19(27)17-5-6-22-29-17/h1-6,14H,7-13H2. The number of halogens is 1. The van der Waals surface area contributed by atoms with Gasteiger partial charge in [0.1, 0.15) is 5.82 Å². The largest absolute Gasteiger partial charge is 0.378 e. The van der Waals surface area contributed by atoms with E-state index in [0.29, 0.717) is 39.4 Å². The van der Waals surface area contributed by atoms with Gasteiger partial charge in [0.25, 0.3) is 11.8 Å². The number of morpholine rings is 1. The highest BCUT2D eigenvalue weighted by Crippen LogP contribution is 2.37. The van der Waals surface area contributed by atoms with Crippen LogP contribution in [0.15, 0.2) is 41.1 Å². The van der Waals surface area contributed by atoms with Crippen LogP contribution in [-0.4, -0.2) is 89.2 Å². The number of nitrogens with zero attached hydrogens (tertiary/aromatic N) is 4. The Morgan fingerprint density at radius 2 is 1.90 bits per heavy atom. The van der Waals surface area contributed by atoms with Gasteiger partial charge in [-0.05, 0) is 12.1 Å². The number of carbonyl (C=O) groups is 2. The van der Waals surface area contributed by atoms with Crippen molar-refractivity contribution in [2.45, 2.75) is 11.6 Å². The van der Waals surface area contributed by atoms with Crippen LogP contribution >= 0.6 is 0 Å². The molecular formula is C20H21FN4O4. The molecule has 1 aromatic heterocycles. The Morgan fingerprint density at radius 3 is 2.66 bits per heavy atom. The van der Waals surface area contributed by atoms with E-state index in [1.807, 2.05) is 0 Å². The second kappa shape index (κ2) is 6.93. The number of fused-ring (bicyclic) bond motifs is 2. The zero-order valence-electron chi connectivity index (χ0n) is 15.8. The third kappa shape index (κ3) is 3.01. The predicted molar refractivity (Wildman–Crippen MR) is 98.8 cm³/mol. The topological polar surface area (TPSA) is 79.1 Å². The fourth-order valence-corrected chi connectivity index (χ4v) is 4.73. The van der Waals surface area contributed by atoms with Gasteiger partial charge in [0.2, 0.25) is 5.76 Å². The van der Waals surface area contributed by atoms with Gasteiger partial charge in [-0.3, -0.25) is 14.5 Å². The smallest absolute Gasteiger partial charge is 0.292 e. The minimum atomic E-state index is -0.524. The van der Waals surface area contributed by atoms with Crippen LogP contribution in [0.4, 0.5) is 4.39 Å². The number of aromatic nitrogens is 1. The summed E-state index contributed by atoms with van der Waals surface area (Å²) >= 11 is 0. The number of hydrogen-bond donors (Lipinski definition) is 0. The molecule has 3 saturated heterocycles. The third-order valence-electron chi connectivity index (χ3n) is 6.05. The van der Waals surface area contributed by atoms with Crippen molar-refractivity contribution in [1.29, 1.82) is 0 Å². The molecular weight excluding hydrogens is 379 g/mol. The Morgan fingerprint density at radius 1 is 1.10 bits per heavy atom. The van der Waals surface area contributed by atoms with Gasteiger partial charge in [0.05, 0.1) is 36.6 Å². The van der Waals surface area contributed by atoms with Crippen molar-refractivity contribution in [3.8, 4) is 0 Å². The van der Waals surface area contributed by atoms with Gasteiger partial charge in [0, 0.05) is 38.8 Å². The normalized spacial score (nSPS) is 23.6. The van der Waals surface area contributed by atoms with E-state index < -0.39 is 5.82 Å². The molecule has 0 N–H and O–H groups in total. The van der Waals surface area contributed by atoms with Gasteiger partial charge in [-0.25, -0.2) is 4.39 Å². The number of amides is 2. The summed E-state index contributed by atoms with van der Waals surface area (Å²) in [5.74, 6) is -0.860. The van der Waals surface area contributed by atoms with Gasteiger partial charge in [-0.2, -0.15) is 0 Å². The first kappa shape index (κ1) is 18.3. The Hall–Kier alpha value is -2.78. The number of carbonyl (C=O) groups excluding carboxylic acids is 2. The Labute approximate surface area is 166 Å². The molecule has 2 amide bonds. The molecule has 0 radical (unpaired) electrons. The van der Waals surface area contributed by atoms with Crippen LogP contribution in [0.2, 0.25) is 0 Å². The molecule has 5 rings (SSSR count). The van der Waals surface area contributed by atoms with Gasteiger partial charge >= 0.3 is 0 Å². The Kier molecular flexibility index (Phi) is 4.36. The van der Waals surface area contributed by atoms with E-state index in [1.165, 1.54) is 18.3 Å². The average Bonchev–Trinajstić information content (AvgIpc) is 3.25. The van der Waals surface area contributed by atoms with Crippen molar-refractivity contribution in [3.63, 3.8) is 0 Å². The van der Waals surface area contributed by atoms with E-state index in [-0.39, 0.29) is 34.7 Å². The molecule has 1 spiro atoms. The zero-order chi connectivity index (χ0) is 20.0. The zero-order valence-corrected chi connectivity index (χ0v) is 15.8.